The molecule has 0 unspecified atom stereocenters. The number of pyridine rings is 1. The zero-order chi connectivity index (χ0) is 20.2. The van der Waals surface area contributed by atoms with E-state index in [2.05, 4.69) is 27.3 Å². The van der Waals surface area contributed by atoms with Crippen LogP contribution < -0.4 is 10.9 Å². The minimum Gasteiger partial charge on any atom is -0.348 e. The minimum absolute atomic E-state index is 0.000665. The van der Waals surface area contributed by atoms with Crippen LogP contribution in [0.1, 0.15) is 69.6 Å². The summed E-state index contributed by atoms with van der Waals surface area (Å²) >= 11 is 0. The van der Waals surface area contributed by atoms with Crippen LogP contribution in [0.15, 0.2) is 35.1 Å². The van der Waals surface area contributed by atoms with Gasteiger partial charge in [0.25, 0.3) is 11.5 Å². The van der Waals surface area contributed by atoms with Crippen molar-refractivity contribution in [3.8, 4) is 0 Å². The molecule has 0 radical (unpaired) electrons. The second-order valence-corrected chi connectivity index (χ2v) is 8.02. The standard InChI is InChI=1S/C23H27N3O3/c27-21-6-4-5-20-18(21)13-19(23(29)25-20)22(28)24-14-16-7-9-17(10-8-16)15-26-11-2-1-3-12-26/h7-10,13H,1-6,11-12,14-15H2,(H,24,28)(H,25,29). The van der Waals surface area contributed by atoms with Crippen molar-refractivity contribution in [2.24, 2.45) is 0 Å². The summed E-state index contributed by atoms with van der Waals surface area (Å²) in [6.07, 6.45) is 5.75. The van der Waals surface area contributed by atoms with Gasteiger partial charge >= 0.3 is 0 Å². The Balaban J connectivity index is 1.37. The number of Topliss-reactive ketones (excluding diaryl/α,β-unsaturated/α-hetero) is 1. The van der Waals surface area contributed by atoms with Crippen LogP contribution >= 0.6 is 0 Å². The van der Waals surface area contributed by atoms with Crippen molar-refractivity contribution in [2.45, 2.75) is 51.6 Å². The molecular formula is C23H27N3O3. The SMILES string of the molecule is O=C1CCCc2[nH]c(=O)c(C(=O)NCc3ccc(CN4CCCCC4)cc3)cc21. The van der Waals surface area contributed by atoms with Gasteiger partial charge in [-0.05, 0) is 56.0 Å². The molecule has 1 aliphatic heterocycles. The summed E-state index contributed by atoms with van der Waals surface area (Å²) in [7, 11) is 0. The molecule has 1 saturated heterocycles. The number of nitrogens with zero attached hydrogens (tertiary/aromatic N) is 1. The second kappa shape index (κ2) is 8.74. The number of nitrogens with one attached hydrogen (secondary N) is 2. The monoisotopic (exact) mass is 393 g/mol. The highest BCUT2D eigenvalue weighted by molar-refractivity contribution is 6.01. The van der Waals surface area contributed by atoms with E-state index in [9.17, 15) is 14.4 Å². The number of aromatic nitrogens is 1. The maximum atomic E-state index is 12.5. The average Bonchev–Trinajstić information content (AvgIpc) is 2.73. The lowest BCUT2D eigenvalue weighted by atomic mass is 9.93. The van der Waals surface area contributed by atoms with Gasteiger partial charge in [0.1, 0.15) is 5.56 Å². The van der Waals surface area contributed by atoms with E-state index in [-0.39, 0.29) is 11.3 Å². The summed E-state index contributed by atoms with van der Waals surface area (Å²) in [6.45, 7) is 3.63. The van der Waals surface area contributed by atoms with Gasteiger partial charge in [0, 0.05) is 30.8 Å². The first-order valence-corrected chi connectivity index (χ1v) is 10.5. The normalized spacial score (nSPS) is 17.0. The molecule has 6 nitrogen and oxygen atoms in total. The minimum atomic E-state index is -0.454. The quantitative estimate of drug-likeness (QED) is 0.818. The molecule has 1 amide bonds. The lowest BCUT2D eigenvalue weighted by Gasteiger charge is -2.26. The Morgan fingerprint density at radius 1 is 0.966 bits per heavy atom. The summed E-state index contributed by atoms with van der Waals surface area (Å²) in [4.78, 5) is 42.0. The van der Waals surface area contributed by atoms with Crippen LogP contribution in [-0.2, 0) is 19.5 Å². The number of hydrogen-bond donors (Lipinski definition) is 2. The third-order valence-electron chi connectivity index (χ3n) is 5.83. The molecule has 2 heterocycles. The van der Waals surface area contributed by atoms with Gasteiger partial charge in [0.05, 0.1) is 0 Å². The topological polar surface area (TPSA) is 82.3 Å². The van der Waals surface area contributed by atoms with Gasteiger partial charge in [-0.15, -0.1) is 0 Å². The number of piperidine rings is 1. The summed E-state index contributed by atoms with van der Waals surface area (Å²) in [5, 5.41) is 2.80. The van der Waals surface area contributed by atoms with Gasteiger partial charge in [-0.3, -0.25) is 19.3 Å². The number of amides is 1. The van der Waals surface area contributed by atoms with Crippen LogP contribution in [0.2, 0.25) is 0 Å². The van der Waals surface area contributed by atoms with Crippen molar-refractivity contribution >= 4 is 11.7 Å². The first-order chi connectivity index (χ1) is 14.1. The molecule has 1 aliphatic carbocycles. The molecule has 1 fully saturated rings. The summed E-state index contributed by atoms with van der Waals surface area (Å²) in [6, 6.07) is 9.67. The molecule has 1 aromatic heterocycles. The van der Waals surface area contributed by atoms with Gasteiger partial charge in [0.15, 0.2) is 5.78 Å². The number of aromatic amines is 1. The zero-order valence-electron chi connectivity index (χ0n) is 16.6. The largest absolute Gasteiger partial charge is 0.348 e. The molecule has 2 aliphatic rings. The number of aryl methyl sites for hydroxylation is 1. The fourth-order valence-corrected chi connectivity index (χ4v) is 4.16. The second-order valence-electron chi connectivity index (χ2n) is 8.02. The van der Waals surface area contributed by atoms with Crippen LogP contribution in [0.4, 0.5) is 0 Å². The molecule has 152 valence electrons. The number of H-pyrrole nitrogens is 1. The molecule has 2 N–H and O–H groups in total. The van der Waals surface area contributed by atoms with Crippen LogP contribution in [0, 0.1) is 0 Å². The van der Waals surface area contributed by atoms with Gasteiger partial charge in [-0.2, -0.15) is 0 Å². The number of carbonyl (C=O) groups excluding carboxylic acids is 2. The van der Waals surface area contributed by atoms with E-state index in [0.717, 1.165) is 31.6 Å². The highest BCUT2D eigenvalue weighted by atomic mass is 16.2. The first kappa shape index (κ1) is 19.6. The Hall–Kier alpha value is -2.73. The summed E-state index contributed by atoms with van der Waals surface area (Å²) in [5.41, 5.74) is 2.93. The van der Waals surface area contributed by atoms with Crippen molar-refractivity contribution < 1.29 is 9.59 Å². The van der Waals surface area contributed by atoms with Gasteiger partial charge in [-0.25, -0.2) is 0 Å². The number of benzene rings is 1. The highest BCUT2D eigenvalue weighted by Gasteiger charge is 2.22. The van der Waals surface area contributed by atoms with Crippen molar-refractivity contribution in [3.63, 3.8) is 0 Å². The Bertz CT molecular complexity index is 956. The van der Waals surface area contributed by atoms with E-state index in [1.807, 2.05) is 12.1 Å². The molecule has 1 aromatic carbocycles. The Labute approximate surface area is 170 Å². The van der Waals surface area contributed by atoms with Gasteiger partial charge in [-0.1, -0.05) is 30.7 Å². The van der Waals surface area contributed by atoms with E-state index < -0.39 is 11.5 Å². The molecule has 2 aromatic rings. The lowest BCUT2D eigenvalue weighted by molar-refractivity contribution is 0.0949. The molecule has 0 atom stereocenters. The maximum Gasteiger partial charge on any atom is 0.261 e. The number of ketones is 1. The Morgan fingerprint density at radius 3 is 2.45 bits per heavy atom. The van der Waals surface area contributed by atoms with Gasteiger partial charge < -0.3 is 10.3 Å². The maximum absolute atomic E-state index is 12.5. The van der Waals surface area contributed by atoms with E-state index in [0.29, 0.717) is 30.6 Å². The molecule has 0 spiro atoms. The third kappa shape index (κ3) is 4.65. The molecule has 0 bridgehead atoms. The molecule has 6 heteroatoms. The summed E-state index contributed by atoms with van der Waals surface area (Å²) < 4.78 is 0. The number of likely N-dealkylation sites (tertiary alicyclic amines) is 1. The Morgan fingerprint density at radius 2 is 1.69 bits per heavy atom. The number of hydrogen-bond acceptors (Lipinski definition) is 4. The smallest absolute Gasteiger partial charge is 0.261 e. The lowest BCUT2D eigenvalue weighted by Crippen LogP contribution is -2.31. The van der Waals surface area contributed by atoms with Crippen molar-refractivity contribution in [1.82, 2.24) is 15.2 Å². The van der Waals surface area contributed by atoms with Crippen molar-refractivity contribution in [1.29, 1.82) is 0 Å². The molecule has 0 saturated carbocycles. The average molecular weight is 393 g/mol. The number of rotatable bonds is 5. The predicted octanol–water partition coefficient (Wildman–Crippen LogP) is 2.81. The third-order valence-corrected chi connectivity index (χ3v) is 5.83. The van der Waals surface area contributed by atoms with Crippen LogP contribution in [0.25, 0.3) is 0 Å². The van der Waals surface area contributed by atoms with Crippen LogP contribution in [0.3, 0.4) is 0 Å². The number of carbonyl (C=O) groups is 2. The fourth-order valence-electron chi connectivity index (χ4n) is 4.16. The van der Waals surface area contributed by atoms with Crippen molar-refractivity contribution in [3.05, 3.63) is 68.6 Å². The molecule has 29 heavy (non-hydrogen) atoms. The van der Waals surface area contributed by atoms with E-state index >= 15 is 0 Å². The first-order valence-electron chi connectivity index (χ1n) is 10.5. The Kier molecular flexibility index (Phi) is 5.90. The number of fused-ring (bicyclic) bond motifs is 1. The highest BCUT2D eigenvalue weighted by Crippen LogP contribution is 2.19. The van der Waals surface area contributed by atoms with Crippen LogP contribution in [0.5, 0.6) is 0 Å². The van der Waals surface area contributed by atoms with E-state index in [1.165, 1.54) is 30.9 Å². The molecular weight excluding hydrogens is 366 g/mol. The zero-order valence-corrected chi connectivity index (χ0v) is 16.6. The van der Waals surface area contributed by atoms with E-state index in [1.54, 1.807) is 0 Å². The molecule has 4 rings (SSSR count). The van der Waals surface area contributed by atoms with Crippen LogP contribution in [-0.4, -0.2) is 34.7 Å². The predicted molar refractivity (Wildman–Crippen MR) is 111 cm³/mol. The van der Waals surface area contributed by atoms with Gasteiger partial charge in [0.2, 0.25) is 0 Å². The van der Waals surface area contributed by atoms with E-state index in [4.69, 9.17) is 0 Å². The van der Waals surface area contributed by atoms with Crippen molar-refractivity contribution in [2.75, 3.05) is 13.1 Å². The fraction of sp³-hybridized carbons (Fsp3) is 0.435. The summed E-state index contributed by atoms with van der Waals surface area (Å²) in [5.74, 6) is -0.467.